The minimum atomic E-state index is -0.531. The summed E-state index contributed by atoms with van der Waals surface area (Å²) >= 11 is 1.53. The highest BCUT2D eigenvalue weighted by molar-refractivity contribution is 7.07. The number of hydrogen-bond acceptors (Lipinski definition) is 6. The summed E-state index contributed by atoms with van der Waals surface area (Å²) in [7, 11) is 0. The topological polar surface area (TPSA) is 91.8 Å². The van der Waals surface area contributed by atoms with Crippen molar-refractivity contribution in [2.75, 3.05) is 32.7 Å². The van der Waals surface area contributed by atoms with Crippen LogP contribution in [0.4, 0.5) is 4.79 Å². The summed E-state index contributed by atoms with van der Waals surface area (Å²) in [5.74, 6) is -0.195. The first-order valence-electron chi connectivity index (χ1n) is 9.14. The highest BCUT2D eigenvalue weighted by atomic mass is 32.1. The Morgan fingerprint density at radius 3 is 2.41 bits per heavy atom. The molecule has 0 aliphatic carbocycles. The van der Waals surface area contributed by atoms with E-state index in [-0.39, 0.29) is 30.7 Å². The fraction of sp³-hybridized carbons (Fsp3) is 0.667. The molecule has 1 saturated heterocycles. The predicted molar refractivity (Wildman–Crippen MR) is 102 cm³/mol. The van der Waals surface area contributed by atoms with Gasteiger partial charge in [0.05, 0.1) is 11.2 Å². The van der Waals surface area contributed by atoms with Crippen LogP contribution in [0.5, 0.6) is 0 Å². The van der Waals surface area contributed by atoms with E-state index in [0.29, 0.717) is 39.1 Å². The zero-order valence-corrected chi connectivity index (χ0v) is 17.0. The zero-order chi connectivity index (χ0) is 19.9. The van der Waals surface area contributed by atoms with Crippen molar-refractivity contribution >= 4 is 29.2 Å². The minimum absolute atomic E-state index is 0.0616. The Labute approximate surface area is 163 Å². The van der Waals surface area contributed by atoms with Gasteiger partial charge in [-0.25, -0.2) is 9.78 Å². The van der Waals surface area contributed by atoms with E-state index in [0.717, 1.165) is 5.69 Å². The Morgan fingerprint density at radius 1 is 1.15 bits per heavy atom. The first kappa shape index (κ1) is 21.1. The van der Waals surface area contributed by atoms with Crippen molar-refractivity contribution in [2.45, 2.75) is 45.6 Å². The summed E-state index contributed by atoms with van der Waals surface area (Å²) in [4.78, 5) is 43.6. The Kier molecular flexibility index (Phi) is 7.58. The quantitative estimate of drug-likeness (QED) is 0.790. The van der Waals surface area contributed by atoms with Crippen molar-refractivity contribution < 1.29 is 19.1 Å². The summed E-state index contributed by atoms with van der Waals surface area (Å²) in [6, 6.07) is 0. The van der Waals surface area contributed by atoms with Crippen molar-refractivity contribution in [3.8, 4) is 0 Å². The van der Waals surface area contributed by atoms with Gasteiger partial charge < -0.3 is 19.9 Å². The Hall–Kier alpha value is -2.16. The number of ether oxygens (including phenoxy) is 1. The third-order valence-corrected chi connectivity index (χ3v) is 4.67. The number of nitrogens with one attached hydrogen (secondary N) is 1. The second-order valence-corrected chi connectivity index (χ2v) is 8.15. The van der Waals surface area contributed by atoms with Crippen LogP contribution in [0.1, 0.15) is 39.3 Å². The second kappa shape index (κ2) is 9.68. The van der Waals surface area contributed by atoms with E-state index >= 15 is 0 Å². The van der Waals surface area contributed by atoms with E-state index in [1.807, 2.05) is 26.2 Å². The largest absolute Gasteiger partial charge is 0.444 e. The van der Waals surface area contributed by atoms with Crippen molar-refractivity contribution in [2.24, 2.45) is 0 Å². The maximum absolute atomic E-state index is 12.3. The minimum Gasteiger partial charge on any atom is -0.444 e. The van der Waals surface area contributed by atoms with E-state index in [1.165, 1.54) is 11.3 Å². The summed E-state index contributed by atoms with van der Waals surface area (Å²) in [6.07, 6.45) is 0.682. The summed E-state index contributed by atoms with van der Waals surface area (Å²) in [5.41, 5.74) is 2.19. The van der Waals surface area contributed by atoms with Crippen molar-refractivity contribution in [3.05, 3.63) is 16.6 Å². The first-order valence-corrected chi connectivity index (χ1v) is 10.1. The van der Waals surface area contributed by atoms with Gasteiger partial charge in [-0.05, 0) is 20.8 Å². The van der Waals surface area contributed by atoms with E-state index < -0.39 is 5.60 Å². The summed E-state index contributed by atoms with van der Waals surface area (Å²) in [6.45, 7) is 7.81. The number of amides is 3. The third kappa shape index (κ3) is 7.54. The lowest BCUT2D eigenvalue weighted by molar-refractivity contribution is -0.135. The SMILES string of the molecule is CC(C)(C)OC(=O)N1CCN(C(=O)CCC(=O)NCCc2cscn2)CC1. The number of carbonyl (C=O) groups excluding carboxylic acids is 3. The molecular formula is C18H28N4O4S. The van der Waals surface area contributed by atoms with Gasteiger partial charge in [0.15, 0.2) is 0 Å². The van der Waals surface area contributed by atoms with Crippen LogP contribution >= 0.6 is 11.3 Å². The molecule has 0 spiro atoms. The van der Waals surface area contributed by atoms with E-state index in [9.17, 15) is 14.4 Å². The molecule has 0 radical (unpaired) electrons. The van der Waals surface area contributed by atoms with Gasteiger partial charge in [0.25, 0.3) is 0 Å². The molecule has 2 heterocycles. The van der Waals surface area contributed by atoms with Crippen LogP contribution in [0, 0.1) is 0 Å². The van der Waals surface area contributed by atoms with Gasteiger partial charge >= 0.3 is 6.09 Å². The molecule has 27 heavy (non-hydrogen) atoms. The van der Waals surface area contributed by atoms with Gasteiger partial charge in [-0.2, -0.15) is 0 Å². The number of carbonyl (C=O) groups is 3. The molecule has 0 unspecified atom stereocenters. The monoisotopic (exact) mass is 396 g/mol. The number of rotatable bonds is 6. The summed E-state index contributed by atoms with van der Waals surface area (Å²) < 4.78 is 5.34. The lowest BCUT2D eigenvalue weighted by Crippen LogP contribution is -2.51. The normalized spacial score (nSPS) is 14.8. The van der Waals surface area contributed by atoms with Crippen LogP contribution in [0.2, 0.25) is 0 Å². The average Bonchev–Trinajstić information content (AvgIpc) is 3.12. The average molecular weight is 397 g/mol. The molecule has 8 nitrogen and oxygen atoms in total. The molecule has 1 aromatic heterocycles. The van der Waals surface area contributed by atoms with Gasteiger partial charge in [-0.1, -0.05) is 0 Å². The lowest BCUT2D eigenvalue weighted by atomic mass is 10.2. The molecule has 1 N–H and O–H groups in total. The summed E-state index contributed by atoms with van der Waals surface area (Å²) in [5, 5.41) is 4.76. The molecule has 1 aliphatic heterocycles. The van der Waals surface area contributed by atoms with Gasteiger partial charge in [-0.3, -0.25) is 9.59 Å². The van der Waals surface area contributed by atoms with Crippen molar-refractivity contribution in [3.63, 3.8) is 0 Å². The second-order valence-electron chi connectivity index (χ2n) is 7.43. The van der Waals surface area contributed by atoms with Gasteiger partial charge in [0.1, 0.15) is 5.60 Å². The fourth-order valence-electron chi connectivity index (χ4n) is 2.62. The molecule has 1 aromatic rings. The third-order valence-electron chi connectivity index (χ3n) is 4.04. The van der Waals surface area contributed by atoms with E-state index in [1.54, 1.807) is 15.3 Å². The molecule has 3 amide bonds. The predicted octanol–water partition coefficient (Wildman–Crippen LogP) is 1.66. The highest BCUT2D eigenvalue weighted by Gasteiger charge is 2.27. The lowest BCUT2D eigenvalue weighted by Gasteiger charge is -2.35. The number of nitrogens with zero attached hydrogens (tertiary/aromatic N) is 3. The van der Waals surface area contributed by atoms with Crippen LogP contribution in [-0.2, 0) is 20.7 Å². The fourth-order valence-corrected chi connectivity index (χ4v) is 3.22. The van der Waals surface area contributed by atoms with Gasteiger partial charge in [0.2, 0.25) is 11.8 Å². The van der Waals surface area contributed by atoms with Crippen molar-refractivity contribution in [1.29, 1.82) is 0 Å². The molecule has 0 saturated carbocycles. The molecule has 0 atom stereocenters. The van der Waals surface area contributed by atoms with Crippen LogP contribution < -0.4 is 5.32 Å². The maximum Gasteiger partial charge on any atom is 0.410 e. The first-order chi connectivity index (χ1) is 12.7. The number of aromatic nitrogens is 1. The Balaban J connectivity index is 1.62. The highest BCUT2D eigenvalue weighted by Crippen LogP contribution is 2.12. The smallest absolute Gasteiger partial charge is 0.410 e. The molecule has 0 aromatic carbocycles. The van der Waals surface area contributed by atoms with Crippen LogP contribution in [0.15, 0.2) is 10.9 Å². The standard InChI is InChI=1S/C18H28N4O4S/c1-18(2,3)26-17(25)22-10-8-21(9-11-22)16(24)5-4-15(23)19-7-6-14-12-27-13-20-14/h12-13H,4-11H2,1-3H3,(H,19,23). The van der Waals surface area contributed by atoms with Crippen molar-refractivity contribution in [1.82, 2.24) is 20.1 Å². The molecule has 150 valence electrons. The molecule has 9 heteroatoms. The van der Waals surface area contributed by atoms with Crippen LogP contribution in [0.3, 0.4) is 0 Å². The number of hydrogen-bond donors (Lipinski definition) is 1. The Bertz CT molecular complexity index is 634. The van der Waals surface area contributed by atoms with E-state index in [2.05, 4.69) is 10.3 Å². The molecular weight excluding hydrogens is 368 g/mol. The molecule has 2 rings (SSSR count). The van der Waals surface area contributed by atoms with Gasteiger partial charge in [0, 0.05) is 57.4 Å². The van der Waals surface area contributed by atoms with Gasteiger partial charge in [-0.15, -0.1) is 11.3 Å². The number of thiazole rings is 1. The molecule has 1 fully saturated rings. The number of piperazine rings is 1. The maximum atomic E-state index is 12.3. The van der Waals surface area contributed by atoms with Crippen LogP contribution in [-0.4, -0.2) is 71.0 Å². The Morgan fingerprint density at radius 2 is 1.81 bits per heavy atom. The van der Waals surface area contributed by atoms with Crippen LogP contribution in [0.25, 0.3) is 0 Å². The van der Waals surface area contributed by atoms with E-state index in [4.69, 9.17) is 4.74 Å². The molecule has 1 aliphatic rings. The zero-order valence-electron chi connectivity index (χ0n) is 16.2. The molecule has 0 bridgehead atoms.